The molecule has 1 aliphatic carbocycles. The lowest BCUT2D eigenvalue weighted by Gasteiger charge is -2.22. The highest BCUT2D eigenvalue weighted by Gasteiger charge is 2.14. The molecular formula is C22H38N2O3. The summed E-state index contributed by atoms with van der Waals surface area (Å²) in [5.74, 6) is 2.24. The van der Waals surface area contributed by atoms with Crippen molar-refractivity contribution in [3.8, 4) is 11.5 Å². The van der Waals surface area contributed by atoms with Gasteiger partial charge in [-0.25, -0.2) is 0 Å². The highest BCUT2D eigenvalue weighted by atomic mass is 16.5. The van der Waals surface area contributed by atoms with E-state index < -0.39 is 6.10 Å². The molecule has 0 radical (unpaired) electrons. The van der Waals surface area contributed by atoms with E-state index in [4.69, 9.17) is 9.47 Å². The number of benzene rings is 1. The third kappa shape index (κ3) is 7.68. The molecule has 5 nitrogen and oxygen atoms in total. The van der Waals surface area contributed by atoms with Gasteiger partial charge in [0.15, 0.2) is 11.5 Å². The number of nitrogens with zero attached hydrogens (tertiary/aromatic N) is 1. The van der Waals surface area contributed by atoms with Crippen molar-refractivity contribution < 1.29 is 14.6 Å². The number of nitrogens with one attached hydrogen (secondary N) is 1. The maximum absolute atomic E-state index is 10.2. The van der Waals surface area contributed by atoms with E-state index in [0.29, 0.717) is 12.3 Å². The van der Waals surface area contributed by atoms with E-state index in [0.717, 1.165) is 37.8 Å². The summed E-state index contributed by atoms with van der Waals surface area (Å²) in [7, 11) is 1.66. The van der Waals surface area contributed by atoms with Crippen LogP contribution in [0, 0.1) is 5.92 Å². The predicted octanol–water partition coefficient (Wildman–Crippen LogP) is 3.45. The van der Waals surface area contributed by atoms with Gasteiger partial charge in [0.05, 0.1) is 7.11 Å². The average molecular weight is 379 g/mol. The molecule has 0 amide bonds. The molecule has 0 aliphatic heterocycles. The molecule has 2 N–H and O–H groups in total. The molecule has 27 heavy (non-hydrogen) atoms. The van der Waals surface area contributed by atoms with E-state index >= 15 is 0 Å². The van der Waals surface area contributed by atoms with Crippen molar-refractivity contribution in [2.75, 3.05) is 39.9 Å². The van der Waals surface area contributed by atoms with E-state index in [-0.39, 0.29) is 6.61 Å². The lowest BCUT2D eigenvalue weighted by molar-refractivity contribution is 0.0705. The minimum absolute atomic E-state index is 0.270. The van der Waals surface area contributed by atoms with Crippen molar-refractivity contribution in [2.45, 2.75) is 58.6 Å². The van der Waals surface area contributed by atoms with Crippen LogP contribution in [0.5, 0.6) is 11.5 Å². The Balaban J connectivity index is 1.80. The topological polar surface area (TPSA) is 54.0 Å². The predicted molar refractivity (Wildman–Crippen MR) is 111 cm³/mol. The Morgan fingerprint density at radius 3 is 2.56 bits per heavy atom. The summed E-state index contributed by atoms with van der Waals surface area (Å²) in [6, 6.07) is 6.04. The zero-order chi connectivity index (χ0) is 19.5. The van der Waals surface area contributed by atoms with Crippen LogP contribution < -0.4 is 14.8 Å². The van der Waals surface area contributed by atoms with Gasteiger partial charge in [-0.05, 0) is 56.1 Å². The minimum Gasteiger partial charge on any atom is -0.493 e. The van der Waals surface area contributed by atoms with Crippen molar-refractivity contribution in [3.63, 3.8) is 0 Å². The number of aliphatic hydroxyl groups is 1. The maximum atomic E-state index is 10.2. The monoisotopic (exact) mass is 378 g/mol. The normalized spacial score (nSPS) is 16.5. The van der Waals surface area contributed by atoms with E-state index in [2.05, 4.69) is 30.1 Å². The number of rotatable bonds is 12. The van der Waals surface area contributed by atoms with Crippen LogP contribution >= 0.6 is 0 Å². The number of ether oxygens (including phenoxy) is 2. The van der Waals surface area contributed by atoms with Crippen LogP contribution in [0.15, 0.2) is 18.2 Å². The minimum atomic E-state index is -0.508. The molecule has 1 saturated carbocycles. The summed E-state index contributed by atoms with van der Waals surface area (Å²) in [5.41, 5.74) is 1.19. The first kappa shape index (κ1) is 22.0. The second-order valence-corrected chi connectivity index (χ2v) is 7.57. The third-order valence-corrected chi connectivity index (χ3v) is 5.51. The first-order valence-corrected chi connectivity index (χ1v) is 10.6. The number of methoxy groups -OCH3 is 1. The van der Waals surface area contributed by atoms with E-state index in [1.54, 1.807) is 7.11 Å². The molecule has 0 bridgehead atoms. The smallest absolute Gasteiger partial charge is 0.161 e. The van der Waals surface area contributed by atoms with E-state index in [9.17, 15) is 5.11 Å². The van der Waals surface area contributed by atoms with Crippen molar-refractivity contribution in [2.24, 2.45) is 5.92 Å². The van der Waals surface area contributed by atoms with Gasteiger partial charge in [-0.15, -0.1) is 0 Å². The van der Waals surface area contributed by atoms with Crippen molar-refractivity contribution >= 4 is 0 Å². The van der Waals surface area contributed by atoms with Crippen molar-refractivity contribution in [1.29, 1.82) is 0 Å². The van der Waals surface area contributed by atoms with Crippen LogP contribution in [0.4, 0.5) is 0 Å². The standard InChI is InChI=1S/C22H38N2O3/c1-4-24(5-2)16-20(25)17-27-21-12-11-19(13-22(21)26-3)15-23-14-18-9-7-6-8-10-18/h11-13,18,20,23,25H,4-10,14-17H2,1-3H3. The van der Waals surface area contributed by atoms with E-state index in [1.165, 1.54) is 37.7 Å². The van der Waals surface area contributed by atoms with Gasteiger partial charge in [0.2, 0.25) is 0 Å². The molecule has 1 aliphatic rings. The zero-order valence-corrected chi connectivity index (χ0v) is 17.4. The summed E-state index contributed by atoms with van der Waals surface area (Å²) in [6.07, 6.45) is 6.38. The van der Waals surface area contributed by atoms with Crippen LogP contribution in [0.1, 0.15) is 51.5 Å². The first-order chi connectivity index (χ1) is 13.2. The lowest BCUT2D eigenvalue weighted by atomic mass is 9.89. The molecule has 1 atom stereocenters. The van der Waals surface area contributed by atoms with Crippen molar-refractivity contribution in [3.05, 3.63) is 23.8 Å². The Labute approximate surface area is 165 Å². The lowest BCUT2D eigenvalue weighted by Crippen LogP contribution is -2.35. The summed E-state index contributed by atoms with van der Waals surface area (Å²) >= 11 is 0. The van der Waals surface area contributed by atoms with Gasteiger partial charge >= 0.3 is 0 Å². The number of hydrogen-bond donors (Lipinski definition) is 2. The highest BCUT2D eigenvalue weighted by Crippen LogP contribution is 2.28. The summed E-state index contributed by atoms with van der Waals surface area (Å²) in [5, 5.41) is 13.8. The third-order valence-electron chi connectivity index (χ3n) is 5.51. The largest absolute Gasteiger partial charge is 0.493 e. The molecule has 5 heteroatoms. The summed E-state index contributed by atoms with van der Waals surface area (Å²) in [4.78, 5) is 2.19. The molecule has 1 fully saturated rings. The molecule has 154 valence electrons. The molecule has 0 heterocycles. The second kappa shape index (κ2) is 12.2. The average Bonchev–Trinajstić information content (AvgIpc) is 2.71. The molecule has 1 aromatic carbocycles. The summed E-state index contributed by atoms with van der Waals surface area (Å²) in [6.45, 7) is 8.89. The fourth-order valence-electron chi connectivity index (χ4n) is 3.77. The number of aliphatic hydroxyl groups excluding tert-OH is 1. The van der Waals surface area contributed by atoms with Crippen LogP contribution in [-0.2, 0) is 6.54 Å². The number of likely N-dealkylation sites (N-methyl/N-ethyl adjacent to an activating group) is 1. The van der Waals surface area contributed by atoms with Gasteiger partial charge in [-0.1, -0.05) is 39.2 Å². The molecule has 1 unspecified atom stereocenters. The van der Waals surface area contributed by atoms with Crippen LogP contribution in [-0.4, -0.2) is 56.0 Å². The molecule has 0 spiro atoms. The Kier molecular flexibility index (Phi) is 9.95. The quantitative estimate of drug-likeness (QED) is 0.583. The van der Waals surface area contributed by atoms with Gasteiger partial charge < -0.3 is 24.8 Å². The Hall–Kier alpha value is -1.30. The fraction of sp³-hybridized carbons (Fsp3) is 0.727. The molecular weight excluding hydrogens is 340 g/mol. The highest BCUT2D eigenvalue weighted by molar-refractivity contribution is 5.43. The van der Waals surface area contributed by atoms with Gasteiger partial charge in [0.25, 0.3) is 0 Å². The number of hydrogen-bond acceptors (Lipinski definition) is 5. The SMILES string of the molecule is CCN(CC)CC(O)COc1ccc(CNCC2CCCCC2)cc1OC. The second-order valence-electron chi connectivity index (χ2n) is 7.57. The molecule has 0 saturated heterocycles. The van der Waals surface area contributed by atoms with Crippen LogP contribution in [0.25, 0.3) is 0 Å². The van der Waals surface area contributed by atoms with Crippen LogP contribution in [0.3, 0.4) is 0 Å². The van der Waals surface area contributed by atoms with Gasteiger partial charge in [0, 0.05) is 13.1 Å². The van der Waals surface area contributed by atoms with Crippen molar-refractivity contribution in [1.82, 2.24) is 10.2 Å². The first-order valence-electron chi connectivity index (χ1n) is 10.6. The molecule has 0 aromatic heterocycles. The van der Waals surface area contributed by atoms with E-state index in [1.807, 2.05) is 12.1 Å². The molecule has 1 aromatic rings. The van der Waals surface area contributed by atoms with Gasteiger partial charge in [-0.3, -0.25) is 0 Å². The Morgan fingerprint density at radius 1 is 1.15 bits per heavy atom. The molecule has 2 rings (SSSR count). The maximum Gasteiger partial charge on any atom is 0.161 e. The zero-order valence-electron chi connectivity index (χ0n) is 17.4. The van der Waals surface area contributed by atoms with Gasteiger partial charge in [0.1, 0.15) is 12.7 Å². The fourth-order valence-corrected chi connectivity index (χ4v) is 3.77. The summed E-state index contributed by atoms with van der Waals surface area (Å²) < 4.78 is 11.3. The van der Waals surface area contributed by atoms with Gasteiger partial charge in [-0.2, -0.15) is 0 Å². The Morgan fingerprint density at radius 2 is 1.89 bits per heavy atom. The van der Waals surface area contributed by atoms with Crippen LogP contribution in [0.2, 0.25) is 0 Å². The Bertz CT molecular complexity index is 528.